The summed E-state index contributed by atoms with van der Waals surface area (Å²) in [6.07, 6.45) is 3.43. The van der Waals surface area contributed by atoms with E-state index >= 15 is 0 Å². The van der Waals surface area contributed by atoms with Crippen LogP contribution in [0.3, 0.4) is 0 Å². The van der Waals surface area contributed by atoms with Gasteiger partial charge < -0.3 is 5.11 Å². The Morgan fingerprint density at radius 2 is 1.91 bits per heavy atom. The van der Waals surface area contributed by atoms with E-state index in [9.17, 15) is 4.79 Å². The lowest BCUT2D eigenvalue weighted by Crippen LogP contribution is -2.17. The average molecular weight is 152 g/mol. The van der Waals surface area contributed by atoms with Crippen LogP contribution in [0.5, 0.6) is 0 Å². The zero-order chi connectivity index (χ0) is 8.65. The van der Waals surface area contributed by atoms with Crippen LogP contribution in [0.15, 0.2) is 23.5 Å². The Balaban J connectivity index is 3.08. The molecular weight excluding hydrogens is 140 g/mol. The summed E-state index contributed by atoms with van der Waals surface area (Å²) in [5, 5.41) is 9.15. The molecule has 2 nitrogen and oxygen atoms in total. The summed E-state index contributed by atoms with van der Waals surface area (Å²) in [6, 6.07) is 0. The lowest BCUT2D eigenvalue weighted by Gasteiger charge is -2.20. The maximum atomic E-state index is 11.0. The molecule has 1 aliphatic carbocycles. The van der Waals surface area contributed by atoms with Crippen LogP contribution in [0.2, 0.25) is 0 Å². The molecule has 0 amide bonds. The highest BCUT2D eigenvalue weighted by atomic mass is 16.3. The van der Waals surface area contributed by atoms with Gasteiger partial charge in [0.25, 0.3) is 0 Å². The maximum Gasteiger partial charge on any atom is 0.222 e. The van der Waals surface area contributed by atoms with Crippen molar-refractivity contribution in [3.8, 4) is 0 Å². The highest BCUT2D eigenvalue weighted by Gasteiger charge is 2.23. The lowest BCUT2D eigenvalue weighted by molar-refractivity contribution is -0.114. The lowest BCUT2D eigenvalue weighted by atomic mass is 9.84. The van der Waals surface area contributed by atoms with Gasteiger partial charge in [-0.25, -0.2) is 0 Å². The minimum absolute atomic E-state index is 0.130. The van der Waals surface area contributed by atoms with Crippen molar-refractivity contribution in [3.63, 3.8) is 0 Å². The summed E-state index contributed by atoms with van der Waals surface area (Å²) < 4.78 is 0. The van der Waals surface area contributed by atoms with Gasteiger partial charge >= 0.3 is 0 Å². The second-order valence-corrected chi connectivity index (χ2v) is 3.51. The number of rotatable bonds is 0. The predicted molar refractivity (Wildman–Crippen MR) is 43.3 cm³/mol. The molecule has 0 saturated carbocycles. The zero-order valence-corrected chi connectivity index (χ0v) is 7.01. The summed E-state index contributed by atoms with van der Waals surface area (Å²) in [6.45, 7) is 5.60. The number of allylic oxidation sites excluding steroid dienone is 3. The standard InChI is InChI=1S/C9H12O2/c1-6-4-9(2,3)5-7(10)8(6)11/h4-5,10H,1-3H3. The van der Waals surface area contributed by atoms with Crippen LogP contribution in [0, 0.1) is 5.41 Å². The Kier molecular flexibility index (Phi) is 1.63. The van der Waals surface area contributed by atoms with Crippen LogP contribution in [0.1, 0.15) is 20.8 Å². The monoisotopic (exact) mass is 152 g/mol. The molecule has 11 heavy (non-hydrogen) atoms. The molecular formula is C9H12O2. The van der Waals surface area contributed by atoms with Crippen molar-refractivity contribution >= 4 is 5.78 Å². The molecule has 0 aliphatic heterocycles. The van der Waals surface area contributed by atoms with E-state index in [0.29, 0.717) is 5.57 Å². The number of hydrogen-bond acceptors (Lipinski definition) is 2. The fraction of sp³-hybridized carbons (Fsp3) is 0.444. The molecule has 60 valence electrons. The van der Waals surface area contributed by atoms with E-state index in [4.69, 9.17) is 5.11 Å². The Bertz CT molecular complexity index is 233. The molecule has 1 N–H and O–H groups in total. The largest absolute Gasteiger partial charge is 0.504 e. The molecule has 1 aliphatic rings. The van der Waals surface area contributed by atoms with E-state index in [1.807, 2.05) is 19.9 Å². The van der Waals surface area contributed by atoms with Crippen LogP contribution < -0.4 is 0 Å². The predicted octanol–water partition coefficient (Wildman–Crippen LogP) is 1.98. The minimum atomic E-state index is -0.260. The molecule has 2 heteroatoms. The molecule has 1 rings (SSSR count). The van der Waals surface area contributed by atoms with Crippen LogP contribution in [-0.4, -0.2) is 10.9 Å². The molecule has 0 heterocycles. The van der Waals surface area contributed by atoms with E-state index in [0.717, 1.165) is 0 Å². The molecule has 0 radical (unpaired) electrons. The molecule has 0 atom stereocenters. The fourth-order valence-electron chi connectivity index (χ4n) is 1.29. The van der Waals surface area contributed by atoms with Gasteiger partial charge in [0.05, 0.1) is 0 Å². The molecule has 0 aromatic carbocycles. The minimum Gasteiger partial charge on any atom is -0.504 e. The third kappa shape index (κ3) is 1.50. The van der Waals surface area contributed by atoms with Gasteiger partial charge in [-0.3, -0.25) is 4.79 Å². The first kappa shape index (κ1) is 8.05. The molecule has 0 aromatic rings. The first-order chi connectivity index (χ1) is 4.92. The summed E-state index contributed by atoms with van der Waals surface area (Å²) in [7, 11) is 0. The van der Waals surface area contributed by atoms with Gasteiger partial charge in [0.15, 0.2) is 5.76 Å². The Morgan fingerprint density at radius 1 is 1.36 bits per heavy atom. The zero-order valence-electron chi connectivity index (χ0n) is 7.01. The SMILES string of the molecule is CC1=CC(C)(C)C=C(O)C1=O. The van der Waals surface area contributed by atoms with Gasteiger partial charge in [-0.15, -0.1) is 0 Å². The van der Waals surface area contributed by atoms with Crippen molar-refractivity contribution in [1.82, 2.24) is 0 Å². The van der Waals surface area contributed by atoms with Gasteiger partial charge in [-0.2, -0.15) is 0 Å². The third-order valence-electron chi connectivity index (χ3n) is 1.69. The topological polar surface area (TPSA) is 37.3 Å². The van der Waals surface area contributed by atoms with Crippen molar-refractivity contribution in [2.45, 2.75) is 20.8 Å². The van der Waals surface area contributed by atoms with Crippen molar-refractivity contribution in [1.29, 1.82) is 0 Å². The fourth-order valence-corrected chi connectivity index (χ4v) is 1.29. The Labute approximate surface area is 66.2 Å². The first-order valence-electron chi connectivity index (χ1n) is 3.58. The number of ketones is 1. The van der Waals surface area contributed by atoms with Crippen LogP contribution in [0.4, 0.5) is 0 Å². The molecule has 0 aromatic heterocycles. The third-order valence-corrected chi connectivity index (χ3v) is 1.69. The van der Waals surface area contributed by atoms with Crippen LogP contribution >= 0.6 is 0 Å². The second kappa shape index (κ2) is 2.22. The summed E-state index contributed by atoms with van der Waals surface area (Å²) in [4.78, 5) is 11.0. The average Bonchev–Trinajstić information content (AvgIpc) is 1.81. The first-order valence-corrected chi connectivity index (χ1v) is 3.58. The number of carbonyl (C=O) groups is 1. The summed E-state index contributed by atoms with van der Waals surface area (Å²) in [5.74, 6) is -0.390. The quantitative estimate of drug-likeness (QED) is 0.576. The number of aliphatic hydroxyl groups is 1. The smallest absolute Gasteiger partial charge is 0.222 e. The number of Topliss-reactive ketones (excluding diaryl/α,β-unsaturated/α-hetero) is 1. The van der Waals surface area contributed by atoms with E-state index < -0.39 is 0 Å². The molecule has 0 unspecified atom stereocenters. The summed E-state index contributed by atoms with van der Waals surface area (Å²) >= 11 is 0. The Hall–Kier alpha value is -1.05. The molecule has 0 spiro atoms. The molecule has 0 saturated heterocycles. The normalized spacial score (nSPS) is 22.6. The van der Waals surface area contributed by atoms with E-state index in [2.05, 4.69) is 0 Å². The van der Waals surface area contributed by atoms with Gasteiger partial charge in [0.1, 0.15) is 0 Å². The van der Waals surface area contributed by atoms with Crippen LogP contribution in [-0.2, 0) is 4.79 Å². The van der Waals surface area contributed by atoms with Gasteiger partial charge in [0.2, 0.25) is 5.78 Å². The van der Waals surface area contributed by atoms with Crippen LogP contribution in [0.25, 0.3) is 0 Å². The second-order valence-electron chi connectivity index (χ2n) is 3.51. The van der Waals surface area contributed by atoms with Crippen molar-refractivity contribution < 1.29 is 9.90 Å². The van der Waals surface area contributed by atoms with Gasteiger partial charge in [-0.1, -0.05) is 19.9 Å². The van der Waals surface area contributed by atoms with Gasteiger partial charge in [-0.05, 0) is 18.6 Å². The molecule has 0 bridgehead atoms. The highest BCUT2D eigenvalue weighted by Crippen LogP contribution is 2.27. The molecule has 0 fully saturated rings. The van der Waals surface area contributed by atoms with Crippen molar-refractivity contribution in [2.24, 2.45) is 5.41 Å². The van der Waals surface area contributed by atoms with E-state index in [-0.39, 0.29) is 17.0 Å². The maximum absolute atomic E-state index is 11.0. The van der Waals surface area contributed by atoms with E-state index in [1.54, 1.807) is 13.0 Å². The van der Waals surface area contributed by atoms with Gasteiger partial charge in [0, 0.05) is 5.41 Å². The number of aliphatic hydroxyl groups excluding tert-OH is 1. The van der Waals surface area contributed by atoms with E-state index in [1.165, 1.54) is 0 Å². The summed E-state index contributed by atoms with van der Waals surface area (Å²) in [5.41, 5.74) is 0.428. The number of carbonyl (C=O) groups excluding carboxylic acids is 1. The Morgan fingerprint density at radius 3 is 2.36 bits per heavy atom. The van der Waals surface area contributed by atoms with Crippen molar-refractivity contribution in [3.05, 3.63) is 23.5 Å². The number of hydrogen-bond donors (Lipinski definition) is 1. The van der Waals surface area contributed by atoms with Crippen molar-refractivity contribution in [2.75, 3.05) is 0 Å². The highest BCUT2D eigenvalue weighted by molar-refractivity contribution is 6.07.